The van der Waals surface area contributed by atoms with E-state index in [-0.39, 0.29) is 10.4 Å². The summed E-state index contributed by atoms with van der Waals surface area (Å²) < 4.78 is 40.0. The number of anilines is 1. The highest BCUT2D eigenvalue weighted by Crippen LogP contribution is 2.36. The molecule has 5 nitrogen and oxygen atoms in total. The van der Waals surface area contributed by atoms with E-state index in [1.54, 1.807) is 0 Å². The lowest BCUT2D eigenvalue weighted by Crippen LogP contribution is -2.34. The quantitative estimate of drug-likeness (QED) is 0.872. The summed E-state index contributed by atoms with van der Waals surface area (Å²) in [5.74, 6) is -0.813. The molecule has 1 aliphatic rings. The van der Waals surface area contributed by atoms with Crippen molar-refractivity contribution in [3.63, 3.8) is 0 Å². The van der Waals surface area contributed by atoms with Crippen molar-refractivity contribution in [2.24, 2.45) is 0 Å². The number of benzene rings is 2. The summed E-state index contributed by atoms with van der Waals surface area (Å²) in [6, 6.07) is 11.1. The van der Waals surface area contributed by atoms with Gasteiger partial charge in [-0.2, -0.15) is 0 Å². The van der Waals surface area contributed by atoms with Crippen LogP contribution in [0.1, 0.15) is 30.1 Å². The van der Waals surface area contributed by atoms with E-state index >= 15 is 0 Å². The molecule has 0 aromatic heterocycles. The van der Waals surface area contributed by atoms with Gasteiger partial charge in [0, 0.05) is 16.8 Å². The van der Waals surface area contributed by atoms with Crippen molar-refractivity contribution in [3.8, 4) is 0 Å². The second-order valence-electron chi connectivity index (χ2n) is 6.15. The molecule has 2 aromatic carbocycles. The first-order valence-electron chi connectivity index (χ1n) is 7.48. The van der Waals surface area contributed by atoms with Crippen LogP contribution >= 0.6 is 0 Å². The van der Waals surface area contributed by atoms with Gasteiger partial charge in [-0.1, -0.05) is 0 Å². The van der Waals surface area contributed by atoms with Gasteiger partial charge in [0.1, 0.15) is 5.82 Å². The second kappa shape index (κ2) is 5.99. The molecular formula is C17H17FN2O3S. The SMILES string of the molecule is CC1(NS(=O)(=O)c2ccc(NC(=O)c3ccc(F)cc3)cc2)CC1. The molecule has 3 rings (SSSR count). The van der Waals surface area contributed by atoms with Gasteiger partial charge in [0.15, 0.2) is 0 Å². The monoisotopic (exact) mass is 348 g/mol. The van der Waals surface area contributed by atoms with Crippen LogP contribution in [0.2, 0.25) is 0 Å². The Morgan fingerprint density at radius 2 is 1.62 bits per heavy atom. The van der Waals surface area contributed by atoms with Gasteiger partial charge in [-0.3, -0.25) is 4.79 Å². The molecule has 2 aromatic rings. The third-order valence-electron chi connectivity index (χ3n) is 3.91. The maximum absolute atomic E-state index is 12.9. The van der Waals surface area contributed by atoms with Crippen molar-refractivity contribution in [3.05, 3.63) is 59.9 Å². The average molecular weight is 348 g/mol. The van der Waals surface area contributed by atoms with Crippen LogP contribution in [-0.4, -0.2) is 19.9 Å². The minimum Gasteiger partial charge on any atom is -0.322 e. The van der Waals surface area contributed by atoms with Gasteiger partial charge in [0.05, 0.1) is 4.90 Å². The Hall–Kier alpha value is -2.25. The third kappa shape index (κ3) is 3.80. The number of sulfonamides is 1. The summed E-state index contributed by atoms with van der Waals surface area (Å²) in [5, 5.41) is 2.64. The number of rotatable bonds is 5. The first-order valence-corrected chi connectivity index (χ1v) is 8.97. The Labute approximate surface area is 139 Å². The molecule has 1 saturated carbocycles. The summed E-state index contributed by atoms with van der Waals surface area (Å²) in [7, 11) is -3.56. The van der Waals surface area contributed by atoms with E-state index in [0.29, 0.717) is 11.3 Å². The van der Waals surface area contributed by atoms with Crippen LogP contribution in [0.15, 0.2) is 53.4 Å². The topological polar surface area (TPSA) is 75.3 Å². The fraction of sp³-hybridized carbons (Fsp3) is 0.235. The van der Waals surface area contributed by atoms with E-state index < -0.39 is 21.7 Å². The average Bonchev–Trinajstić information content (AvgIpc) is 3.24. The van der Waals surface area contributed by atoms with Crippen molar-refractivity contribution in [1.29, 1.82) is 0 Å². The van der Waals surface area contributed by atoms with E-state index in [9.17, 15) is 17.6 Å². The maximum atomic E-state index is 12.9. The summed E-state index contributed by atoms with van der Waals surface area (Å²) in [6.07, 6.45) is 1.66. The van der Waals surface area contributed by atoms with Crippen LogP contribution in [0.25, 0.3) is 0 Å². The van der Waals surface area contributed by atoms with Gasteiger partial charge in [-0.25, -0.2) is 17.5 Å². The molecule has 1 amide bonds. The van der Waals surface area contributed by atoms with Gasteiger partial charge >= 0.3 is 0 Å². The molecule has 0 aliphatic heterocycles. The predicted octanol–water partition coefficient (Wildman–Crippen LogP) is 2.91. The highest BCUT2D eigenvalue weighted by molar-refractivity contribution is 7.89. The van der Waals surface area contributed by atoms with Crippen LogP contribution < -0.4 is 10.0 Å². The molecule has 0 radical (unpaired) electrons. The standard InChI is InChI=1S/C17H17FN2O3S/c1-17(10-11-17)20-24(22,23)15-8-6-14(7-9-15)19-16(21)12-2-4-13(18)5-3-12/h2-9,20H,10-11H2,1H3,(H,19,21). The molecule has 0 bridgehead atoms. The molecule has 0 saturated heterocycles. The van der Waals surface area contributed by atoms with E-state index in [0.717, 1.165) is 12.8 Å². The number of carbonyl (C=O) groups is 1. The minimum atomic E-state index is -3.56. The Balaban J connectivity index is 1.70. The molecule has 126 valence electrons. The fourth-order valence-corrected chi connectivity index (χ4v) is 3.66. The lowest BCUT2D eigenvalue weighted by atomic mass is 10.2. The van der Waals surface area contributed by atoms with Gasteiger partial charge in [0.25, 0.3) is 5.91 Å². The van der Waals surface area contributed by atoms with Crippen LogP contribution in [-0.2, 0) is 10.0 Å². The first-order chi connectivity index (χ1) is 11.3. The van der Waals surface area contributed by atoms with Crippen LogP contribution in [0.4, 0.5) is 10.1 Å². The summed E-state index contributed by atoms with van der Waals surface area (Å²) in [4.78, 5) is 12.2. The molecular weight excluding hydrogens is 331 g/mol. The Morgan fingerprint density at radius 3 is 2.17 bits per heavy atom. The number of amides is 1. The lowest BCUT2D eigenvalue weighted by molar-refractivity contribution is 0.102. The molecule has 0 spiro atoms. The number of hydrogen-bond donors (Lipinski definition) is 2. The summed E-state index contributed by atoms with van der Waals surface area (Å²) >= 11 is 0. The summed E-state index contributed by atoms with van der Waals surface area (Å²) in [6.45, 7) is 1.86. The molecule has 0 atom stereocenters. The molecule has 0 heterocycles. The summed E-state index contributed by atoms with van der Waals surface area (Å²) in [5.41, 5.74) is 0.436. The first kappa shape index (κ1) is 16.6. The zero-order valence-electron chi connectivity index (χ0n) is 13.0. The maximum Gasteiger partial charge on any atom is 0.255 e. The number of hydrogen-bond acceptors (Lipinski definition) is 3. The second-order valence-corrected chi connectivity index (χ2v) is 7.83. The molecule has 1 fully saturated rings. The zero-order valence-corrected chi connectivity index (χ0v) is 13.9. The van der Waals surface area contributed by atoms with E-state index in [1.165, 1.54) is 48.5 Å². The molecule has 7 heteroatoms. The van der Waals surface area contributed by atoms with Crippen molar-refractivity contribution < 1.29 is 17.6 Å². The van der Waals surface area contributed by atoms with Crippen molar-refractivity contribution in [1.82, 2.24) is 4.72 Å². The van der Waals surface area contributed by atoms with E-state index in [4.69, 9.17) is 0 Å². The van der Waals surface area contributed by atoms with Gasteiger partial charge in [0.2, 0.25) is 10.0 Å². The largest absolute Gasteiger partial charge is 0.322 e. The minimum absolute atomic E-state index is 0.149. The van der Waals surface area contributed by atoms with Gasteiger partial charge in [-0.05, 0) is 68.3 Å². The Morgan fingerprint density at radius 1 is 1.04 bits per heavy atom. The molecule has 1 aliphatic carbocycles. The normalized spacial score (nSPS) is 15.8. The molecule has 24 heavy (non-hydrogen) atoms. The highest BCUT2D eigenvalue weighted by atomic mass is 32.2. The Bertz CT molecular complexity index is 858. The van der Waals surface area contributed by atoms with Crippen LogP contribution in [0, 0.1) is 5.82 Å². The lowest BCUT2D eigenvalue weighted by Gasteiger charge is -2.12. The van der Waals surface area contributed by atoms with Crippen LogP contribution in [0.3, 0.4) is 0 Å². The third-order valence-corrected chi connectivity index (χ3v) is 5.56. The van der Waals surface area contributed by atoms with Gasteiger partial charge < -0.3 is 5.32 Å². The van der Waals surface area contributed by atoms with Crippen molar-refractivity contribution in [2.75, 3.05) is 5.32 Å². The smallest absolute Gasteiger partial charge is 0.255 e. The number of carbonyl (C=O) groups excluding carboxylic acids is 1. The van der Waals surface area contributed by atoms with E-state index in [2.05, 4.69) is 10.0 Å². The van der Waals surface area contributed by atoms with Crippen LogP contribution in [0.5, 0.6) is 0 Å². The molecule has 2 N–H and O–H groups in total. The van der Waals surface area contributed by atoms with E-state index in [1.807, 2.05) is 6.92 Å². The number of nitrogens with one attached hydrogen (secondary N) is 2. The van der Waals surface area contributed by atoms with Crippen molar-refractivity contribution >= 4 is 21.6 Å². The zero-order chi connectivity index (χ0) is 17.4. The number of halogens is 1. The van der Waals surface area contributed by atoms with Crippen molar-refractivity contribution in [2.45, 2.75) is 30.2 Å². The predicted molar refractivity (Wildman–Crippen MR) is 88.8 cm³/mol. The van der Waals surface area contributed by atoms with Gasteiger partial charge in [-0.15, -0.1) is 0 Å². The fourth-order valence-electron chi connectivity index (χ4n) is 2.19. The highest BCUT2D eigenvalue weighted by Gasteiger charge is 2.41. The molecule has 0 unspecified atom stereocenters. The Kier molecular flexibility index (Phi) is 4.15.